The van der Waals surface area contributed by atoms with Gasteiger partial charge in [0, 0.05) is 67.6 Å². The number of nitrogens with one attached hydrogen (secondary N) is 1. The number of hydrogen-bond acceptors (Lipinski definition) is 6. The summed E-state index contributed by atoms with van der Waals surface area (Å²) in [5.74, 6) is 1.29. The number of aromatic nitrogens is 1. The van der Waals surface area contributed by atoms with Crippen LogP contribution in [0.4, 0.5) is 5.69 Å². The fraction of sp³-hybridized carbons (Fsp3) is 0.257. The first-order valence-electron chi connectivity index (χ1n) is 14.4. The van der Waals surface area contributed by atoms with Crippen LogP contribution in [0.3, 0.4) is 0 Å². The van der Waals surface area contributed by atoms with E-state index >= 15 is 0 Å². The zero-order valence-electron chi connectivity index (χ0n) is 24.4. The molecule has 1 saturated heterocycles. The SMILES string of the molecule is Cc1cc(NC(=O)c2cc(Oc3cc(-c4ccc(O)cc4)nc4c3C=CC4)ccc2C)ccc1CN1CCN(C)CC1. The molecule has 3 aromatic carbocycles. The van der Waals surface area contributed by atoms with Crippen molar-refractivity contribution in [1.29, 1.82) is 0 Å². The Hall–Kier alpha value is -4.46. The first-order valence-corrected chi connectivity index (χ1v) is 14.4. The van der Waals surface area contributed by atoms with Crippen molar-refractivity contribution in [2.75, 3.05) is 38.5 Å². The van der Waals surface area contributed by atoms with Crippen molar-refractivity contribution in [3.05, 3.63) is 106 Å². The number of benzene rings is 3. The van der Waals surface area contributed by atoms with Crippen LogP contribution in [0.5, 0.6) is 17.2 Å². The number of carbonyl (C=O) groups excluding carboxylic acids is 1. The summed E-state index contributed by atoms with van der Waals surface area (Å²) in [6.07, 6.45) is 4.82. The zero-order chi connectivity index (χ0) is 29.2. The van der Waals surface area contributed by atoms with Crippen LogP contribution in [0.2, 0.25) is 0 Å². The fourth-order valence-electron chi connectivity index (χ4n) is 5.50. The molecule has 7 nitrogen and oxygen atoms in total. The van der Waals surface area contributed by atoms with Crippen LogP contribution >= 0.6 is 0 Å². The molecule has 0 saturated carbocycles. The van der Waals surface area contributed by atoms with Crippen molar-refractivity contribution in [2.45, 2.75) is 26.8 Å². The summed E-state index contributed by atoms with van der Waals surface area (Å²) in [6, 6.07) is 20.6. The summed E-state index contributed by atoms with van der Waals surface area (Å²) in [6.45, 7) is 9.29. The zero-order valence-corrected chi connectivity index (χ0v) is 24.4. The lowest BCUT2D eigenvalue weighted by molar-refractivity contribution is 0.102. The average Bonchev–Trinajstić information content (AvgIpc) is 3.46. The number of aromatic hydroxyl groups is 1. The number of carbonyl (C=O) groups is 1. The molecule has 0 bridgehead atoms. The predicted octanol–water partition coefficient (Wildman–Crippen LogP) is 6.43. The highest BCUT2D eigenvalue weighted by Crippen LogP contribution is 2.36. The normalized spacial score (nSPS) is 15.0. The number of ether oxygens (including phenoxy) is 1. The summed E-state index contributed by atoms with van der Waals surface area (Å²) in [7, 11) is 2.17. The number of aryl methyl sites for hydroxylation is 2. The van der Waals surface area contributed by atoms with Gasteiger partial charge in [-0.2, -0.15) is 0 Å². The second-order valence-corrected chi connectivity index (χ2v) is 11.3. The molecule has 2 N–H and O–H groups in total. The number of phenols is 1. The number of fused-ring (bicyclic) bond motifs is 1. The Bertz CT molecular complexity index is 1650. The van der Waals surface area contributed by atoms with Gasteiger partial charge in [0.25, 0.3) is 5.91 Å². The minimum Gasteiger partial charge on any atom is -0.508 e. The van der Waals surface area contributed by atoms with E-state index in [-0.39, 0.29) is 11.7 Å². The standard InChI is InChI=1S/C35H36N4O3/c1-23-7-14-29(42-34-21-33(25-9-12-28(40)13-10-25)37-32-6-4-5-30(32)34)20-31(23)35(41)36-27-11-8-26(24(2)19-27)22-39-17-15-38(3)16-18-39/h4-5,7-14,19-21,40H,6,15-18,22H2,1-3H3,(H,36,41). The third-order valence-corrected chi connectivity index (χ3v) is 8.13. The van der Waals surface area contributed by atoms with Gasteiger partial charge in [-0.1, -0.05) is 24.3 Å². The van der Waals surface area contributed by atoms with Gasteiger partial charge in [0.2, 0.25) is 0 Å². The molecule has 0 spiro atoms. The van der Waals surface area contributed by atoms with E-state index in [0.717, 1.165) is 72.9 Å². The number of allylic oxidation sites excluding steroid dienone is 1. The lowest BCUT2D eigenvalue weighted by Crippen LogP contribution is -2.43. The highest BCUT2D eigenvalue weighted by molar-refractivity contribution is 6.05. The second kappa shape index (κ2) is 11.8. The highest BCUT2D eigenvalue weighted by atomic mass is 16.5. The van der Waals surface area contributed by atoms with Crippen LogP contribution in [0.15, 0.2) is 72.8 Å². The number of anilines is 1. The number of hydrogen-bond donors (Lipinski definition) is 2. The molecule has 4 aromatic rings. The Morgan fingerprint density at radius 3 is 2.50 bits per heavy atom. The van der Waals surface area contributed by atoms with Crippen LogP contribution in [-0.2, 0) is 13.0 Å². The Morgan fingerprint density at radius 2 is 1.74 bits per heavy atom. The van der Waals surface area contributed by atoms with Crippen LogP contribution in [0.25, 0.3) is 17.3 Å². The van der Waals surface area contributed by atoms with Crippen LogP contribution in [0, 0.1) is 13.8 Å². The first kappa shape index (κ1) is 27.7. The number of phenolic OH excluding ortho intramolecular Hbond substituents is 1. The number of amides is 1. The van der Waals surface area contributed by atoms with Crippen molar-refractivity contribution in [1.82, 2.24) is 14.8 Å². The van der Waals surface area contributed by atoms with Gasteiger partial charge in [0.15, 0.2) is 0 Å². The van der Waals surface area contributed by atoms with Gasteiger partial charge in [-0.25, -0.2) is 0 Å². The molecule has 6 rings (SSSR count). The summed E-state index contributed by atoms with van der Waals surface area (Å²) < 4.78 is 6.39. The Balaban J connectivity index is 1.19. The molecule has 0 radical (unpaired) electrons. The van der Waals surface area contributed by atoms with Crippen molar-refractivity contribution in [3.8, 4) is 28.5 Å². The van der Waals surface area contributed by atoms with Gasteiger partial charge >= 0.3 is 0 Å². The van der Waals surface area contributed by atoms with Crippen molar-refractivity contribution in [2.24, 2.45) is 0 Å². The summed E-state index contributed by atoms with van der Waals surface area (Å²) in [5.41, 5.74) is 8.20. The predicted molar refractivity (Wildman–Crippen MR) is 167 cm³/mol. The quantitative estimate of drug-likeness (QED) is 0.271. The van der Waals surface area contributed by atoms with E-state index in [1.54, 1.807) is 18.2 Å². The number of likely N-dealkylation sites (N-methyl/N-ethyl adjacent to an activating group) is 1. The van der Waals surface area contributed by atoms with E-state index < -0.39 is 0 Å². The molecule has 7 heteroatoms. The molecule has 2 heterocycles. The molecule has 42 heavy (non-hydrogen) atoms. The van der Waals surface area contributed by atoms with Gasteiger partial charge in [-0.05, 0) is 86.1 Å². The van der Waals surface area contributed by atoms with Crippen molar-refractivity contribution < 1.29 is 14.6 Å². The lowest BCUT2D eigenvalue weighted by Gasteiger charge is -2.32. The van der Waals surface area contributed by atoms with Crippen molar-refractivity contribution >= 4 is 17.7 Å². The van der Waals surface area contributed by atoms with Gasteiger partial charge in [0.1, 0.15) is 17.2 Å². The molecule has 1 aromatic heterocycles. The Morgan fingerprint density at radius 1 is 0.952 bits per heavy atom. The van der Waals surface area contributed by atoms with Gasteiger partial charge in [0.05, 0.1) is 11.4 Å². The molecular formula is C35H36N4O3. The highest BCUT2D eigenvalue weighted by Gasteiger charge is 2.19. The second-order valence-electron chi connectivity index (χ2n) is 11.3. The minimum absolute atomic E-state index is 0.172. The van der Waals surface area contributed by atoms with E-state index in [2.05, 4.69) is 47.3 Å². The monoisotopic (exact) mass is 560 g/mol. The molecule has 1 aliphatic heterocycles. The number of piperazine rings is 1. The Labute approximate surface area is 247 Å². The first-order chi connectivity index (χ1) is 20.3. The third-order valence-electron chi connectivity index (χ3n) is 8.13. The maximum atomic E-state index is 13.4. The molecule has 0 unspecified atom stereocenters. The molecule has 214 valence electrons. The molecule has 1 fully saturated rings. The molecule has 1 aliphatic carbocycles. The van der Waals surface area contributed by atoms with E-state index in [1.807, 2.05) is 49.4 Å². The van der Waals surface area contributed by atoms with Crippen LogP contribution in [0.1, 0.15) is 38.3 Å². The lowest BCUT2D eigenvalue weighted by atomic mass is 10.1. The smallest absolute Gasteiger partial charge is 0.256 e. The van der Waals surface area contributed by atoms with Crippen molar-refractivity contribution in [3.63, 3.8) is 0 Å². The maximum absolute atomic E-state index is 13.4. The number of nitrogens with zero attached hydrogens (tertiary/aromatic N) is 3. The topological polar surface area (TPSA) is 77.9 Å². The van der Waals surface area contributed by atoms with Gasteiger partial charge < -0.3 is 20.1 Å². The van der Waals surface area contributed by atoms with Gasteiger partial charge in [-0.3, -0.25) is 14.7 Å². The average molecular weight is 561 g/mol. The largest absolute Gasteiger partial charge is 0.508 e. The summed E-state index contributed by atoms with van der Waals surface area (Å²) in [4.78, 5) is 23.1. The maximum Gasteiger partial charge on any atom is 0.256 e. The summed E-state index contributed by atoms with van der Waals surface area (Å²) >= 11 is 0. The summed E-state index contributed by atoms with van der Waals surface area (Å²) in [5, 5.41) is 12.8. The van der Waals surface area contributed by atoms with Gasteiger partial charge in [-0.15, -0.1) is 0 Å². The molecular weight excluding hydrogens is 524 g/mol. The third kappa shape index (κ3) is 6.08. The van der Waals surface area contributed by atoms with E-state index in [1.165, 1.54) is 11.1 Å². The fourth-order valence-corrected chi connectivity index (χ4v) is 5.50. The minimum atomic E-state index is -0.172. The molecule has 2 aliphatic rings. The van der Waals surface area contributed by atoms with Crippen LogP contribution < -0.4 is 10.1 Å². The molecule has 1 amide bonds. The van der Waals surface area contributed by atoms with E-state index in [9.17, 15) is 9.90 Å². The Kier molecular flexibility index (Phi) is 7.78. The number of pyridine rings is 1. The molecule has 0 atom stereocenters. The van der Waals surface area contributed by atoms with Crippen LogP contribution in [-0.4, -0.2) is 59.0 Å². The number of rotatable bonds is 7. The van der Waals surface area contributed by atoms with E-state index in [0.29, 0.717) is 17.1 Å². The van der Waals surface area contributed by atoms with E-state index in [4.69, 9.17) is 9.72 Å².